The number of hydrogen-bond donors (Lipinski definition) is 1. The summed E-state index contributed by atoms with van der Waals surface area (Å²) >= 11 is 5.92. The lowest BCUT2D eigenvalue weighted by molar-refractivity contribution is 0.0955. The second kappa shape index (κ2) is 7.03. The van der Waals surface area contributed by atoms with E-state index in [2.05, 4.69) is 48.9 Å². The first-order chi connectivity index (χ1) is 12.5. The summed E-state index contributed by atoms with van der Waals surface area (Å²) in [6.45, 7) is 11.7. The monoisotopic (exact) mass is 411 g/mol. The van der Waals surface area contributed by atoms with E-state index in [1.807, 2.05) is 0 Å². The molecule has 1 amide bonds. The van der Waals surface area contributed by atoms with Gasteiger partial charge in [0.05, 0.1) is 30.3 Å². The average molecular weight is 412 g/mol. The molecular formula is C17H26ClN5O3Si. The maximum Gasteiger partial charge on any atom is 0.407 e. The molecule has 2 aromatic rings. The highest BCUT2D eigenvalue weighted by Gasteiger charge is 2.45. The highest BCUT2D eigenvalue weighted by Crippen LogP contribution is 2.39. The summed E-state index contributed by atoms with van der Waals surface area (Å²) in [6, 6.07) is -0.325. The van der Waals surface area contributed by atoms with Gasteiger partial charge in [-0.2, -0.15) is 10.1 Å². The number of carboxylic acid groups (broad SMARTS) is 1. The van der Waals surface area contributed by atoms with Gasteiger partial charge < -0.3 is 14.4 Å². The third-order valence-electron chi connectivity index (χ3n) is 5.69. The number of aromatic nitrogens is 4. The molecule has 1 aliphatic heterocycles. The Morgan fingerprint density at radius 2 is 2.11 bits per heavy atom. The molecule has 3 heterocycles. The molecule has 1 fully saturated rings. The molecule has 8 nitrogen and oxygen atoms in total. The van der Waals surface area contributed by atoms with Crippen LogP contribution in [0.15, 0.2) is 12.4 Å². The van der Waals surface area contributed by atoms with Gasteiger partial charge in [0.25, 0.3) is 0 Å². The standard InChI is InChI=1S/C17H26ClN5O3Si/c1-17(2,3)27(4,5)26-13-6-7-22(16(24)25)12(13)10-23-14-11(9-20-23)8-19-15(18)21-14/h8-9,12-13H,6-7,10H2,1-5H3,(H,24,25)/t12-,13-/m0/s1. The maximum atomic E-state index is 11.8. The van der Waals surface area contributed by atoms with E-state index in [4.69, 9.17) is 16.0 Å². The van der Waals surface area contributed by atoms with Gasteiger partial charge in [-0.05, 0) is 36.2 Å². The van der Waals surface area contributed by atoms with Crippen LogP contribution in [-0.2, 0) is 11.0 Å². The smallest absolute Gasteiger partial charge is 0.407 e. The lowest BCUT2D eigenvalue weighted by atomic mass is 10.2. The second-order valence-corrected chi connectivity index (χ2v) is 13.6. The molecule has 1 aliphatic rings. The van der Waals surface area contributed by atoms with Crippen LogP contribution in [0.2, 0.25) is 23.4 Å². The van der Waals surface area contributed by atoms with E-state index < -0.39 is 14.4 Å². The van der Waals surface area contributed by atoms with Crippen LogP contribution in [0.4, 0.5) is 4.79 Å². The first-order valence-corrected chi connectivity index (χ1v) is 12.3. The normalized spacial score (nSPS) is 21.2. The van der Waals surface area contributed by atoms with Gasteiger partial charge in [-0.3, -0.25) is 0 Å². The maximum absolute atomic E-state index is 11.8. The minimum atomic E-state index is -2.04. The Morgan fingerprint density at radius 1 is 1.41 bits per heavy atom. The topological polar surface area (TPSA) is 93.4 Å². The van der Waals surface area contributed by atoms with Gasteiger partial charge in [0.1, 0.15) is 0 Å². The van der Waals surface area contributed by atoms with Crippen molar-refractivity contribution < 1.29 is 14.3 Å². The first-order valence-electron chi connectivity index (χ1n) is 9.01. The number of carbonyl (C=O) groups is 1. The fourth-order valence-electron chi connectivity index (χ4n) is 3.13. The summed E-state index contributed by atoms with van der Waals surface area (Å²) in [6.07, 6.45) is 2.85. The fraction of sp³-hybridized carbons (Fsp3) is 0.647. The van der Waals surface area contributed by atoms with E-state index in [1.165, 1.54) is 4.90 Å². The van der Waals surface area contributed by atoms with Gasteiger partial charge >= 0.3 is 6.09 Å². The highest BCUT2D eigenvalue weighted by atomic mass is 35.5. The van der Waals surface area contributed by atoms with Gasteiger partial charge in [0, 0.05) is 12.7 Å². The number of rotatable bonds is 4. The zero-order chi connectivity index (χ0) is 20.0. The zero-order valence-electron chi connectivity index (χ0n) is 16.3. The number of nitrogens with zero attached hydrogens (tertiary/aromatic N) is 5. The molecule has 0 aliphatic carbocycles. The van der Waals surface area contributed by atoms with Crippen molar-refractivity contribution in [3.05, 3.63) is 17.7 Å². The molecule has 2 aromatic heterocycles. The first kappa shape index (κ1) is 20.0. The number of fused-ring (bicyclic) bond motifs is 1. The lowest BCUT2D eigenvalue weighted by Crippen LogP contribution is -2.49. The van der Waals surface area contributed by atoms with Crippen LogP contribution in [0, 0.1) is 0 Å². The molecule has 2 atom stereocenters. The van der Waals surface area contributed by atoms with Crippen molar-refractivity contribution in [1.82, 2.24) is 24.6 Å². The van der Waals surface area contributed by atoms with E-state index >= 15 is 0 Å². The van der Waals surface area contributed by atoms with Gasteiger partial charge in [-0.1, -0.05) is 20.8 Å². The van der Waals surface area contributed by atoms with Crippen LogP contribution in [0.1, 0.15) is 27.2 Å². The molecule has 27 heavy (non-hydrogen) atoms. The molecule has 3 rings (SSSR count). The van der Waals surface area contributed by atoms with Crippen molar-refractivity contribution in [1.29, 1.82) is 0 Å². The SMILES string of the molecule is CC(C)(C)[Si](C)(C)O[C@H]1CCN(C(=O)O)[C@H]1Cn1ncc2cnc(Cl)nc21. The third kappa shape index (κ3) is 3.95. The Labute approximate surface area is 164 Å². The summed E-state index contributed by atoms with van der Waals surface area (Å²) < 4.78 is 8.27. The molecule has 0 saturated carbocycles. The quantitative estimate of drug-likeness (QED) is 0.610. The van der Waals surface area contributed by atoms with Crippen LogP contribution >= 0.6 is 11.6 Å². The molecule has 0 unspecified atom stereocenters. The van der Waals surface area contributed by atoms with Gasteiger partial charge in [0.2, 0.25) is 5.28 Å². The molecule has 0 bridgehead atoms. The Kier molecular flexibility index (Phi) is 5.21. The molecule has 0 radical (unpaired) electrons. The van der Waals surface area contributed by atoms with Crippen LogP contribution in [0.25, 0.3) is 11.0 Å². The number of amides is 1. The summed E-state index contributed by atoms with van der Waals surface area (Å²) in [5, 5.41) is 15.0. The van der Waals surface area contributed by atoms with E-state index in [0.717, 1.165) is 5.39 Å². The largest absolute Gasteiger partial charge is 0.465 e. The van der Waals surface area contributed by atoms with Gasteiger partial charge in [0.15, 0.2) is 14.0 Å². The van der Waals surface area contributed by atoms with Crippen molar-refractivity contribution in [2.24, 2.45) is 0 Å². The van der Waals surface area contributed by atoms with Crippen molar-refractivity contribution >= 4 is 37.0 Å². The number of hydrogen-bond acceptors (Lipinski definition) is 5. The van der Waals surface area contributed by atoms with E-state index in [9.17, 15) is 9.90 Å². The molecule has 1 saturated heterocycles. The number of halogens is 1. The van der Waals surface area contributed by atoms with Crippen LogP contribution in [-0.4, -0.2) is 62.9 Å². The van der Waals surface area contributed by atoms with Gasteiger partial charge in [-0.25, -0.2) is 14.5 Å². The summed E-state index contributed by atoms with van der Waals surface area (Å²) in [4.78, 5) is 21.4. The summed E-state index contributed by atoms with van der Waals surface area (Å²) in [5.41, 5.74) is 0.596. The molecule has 0 spiro atoms. The number of likely N-dealkylation sites (tertiary alicyclic amines) is 1. The van der Waals surface area contributed by atoms with Crippen molar-refractivity contribution in [3.63, 3.8) is 0 Å². The molecular weight excluding hydrogens is 386 g/mol. The summed E-state index contributed by atoms with van der Waals surface area (Å²) in [5.74, 6) is 0. The predicted octanol–water partition coefficient (Wildman–Crippen LogP) is 3.62. The minimum absolute atomic E-state index is 0.0489. The van der Waals surface area contributed by atoms with Crippen molar-refractivity contribution in [2.75, 3.05) is 6.54 Å². The third-order valence-corrected chi connectivity index (χ3v) is 10.4. The Hall–Kier alpha value is -1.71. The van der Waals surface area contributed by atoms with Crippen molar-refractivity contribution in [2.45, 2.75) is 64.0 Å². The van der Waals surface area contributed by atoms with Gasteiger partial charge in [-0.15, -0.1) is 0 Å². The van der Waals surface area contributed by atoms with E-state index in [0.29, 0.717) is 25.2 Å². The van der Waals surface area contributed by atoms with Crippen LogP contribution < -0.4 is 0 Å². The van der Waals surface area contributed by atoms with Crippen LogP contribution in [0.3, 0.4) is 0 Å². The average Bonchev–Trinajstić information content (AvgIpc) is 3.11. The second-order valence-electron chi connectivity index (χ2n) is 8.49. The van der Waals surface area contributed by atoms with E-state index in [1.54, 1.807) is 17.1 Å². The predicted molar refractivity (Wildman–Crippen MR) is 106 cm³/mol. The molecule has 148 valence electrons. The zero-order valence-corrected chi connectivity index (χ0v) is 18.1. The van der Waals surface area contributed by atoms with Crippen LogP contribution in [0.5, 0.6) is 0 Å². The summed E-state index contributed by atoms with van der Waals surface area (Å²) in [7, 11) is -2.04. The molecule has 1 N–H and O–H groups in total. The van der Waals surface area contributed by atoms with E-state index in [-0.39, 0.29) is 22.5 Å². The highest BCUT2D eigenvalue weighted by molar-refractivity contribution is 6.74. The Morgan fingerprint density at radius 3 is 2.74 bits per heavy atom. The lowest BCUT2D eigenvalue weighted by Gasteiger charge is -2.40. The Bertz CT molecular complexity index is 851. The molecule has 10 heteroatoms. The molecule has 0 aromatic carbocycles. The minimum Gasteiger partial charge on any atom is -0.465 e. The Balaban J connectivity index is 1.90. The fourth-order valence-corrected chi connectivity index (χ4v) is 4.64. The van der Waals surface area contributed by atoms with Crippen molar-refractivity contribution in [3.8, 4) is 0 Å².